The van der Waals surface area contributed by atoms with Gasteiger partial charge in [0.1, 0.15) is 6.10 Å². The van der Waals surface area contributed by atoms with Crippen molar-refractivity contribution < 1.29 is 20.1 Å². The van der Waals surface area contributed by atoms with Crippen LogP contribution in [0.5, 0.6) is 0 Å². The summed E-state index contributed by atoms with van der Waals surface area (Å²) < 4.78 is 0. The molecule has 0 rings (SSSR count). The molecule has 0 heterocycles. The highest BCUT2D eigenvalue weighted by Crippen LogP contribution is 2.17. The molecule has 5 nitrogen and oxygen atoms in total. The molecular formula is C51H101NO4. The molecule has 0 aliphatic carbocycles. The van der Waals surface area contributed by atoms with Crippen molar-refractivity contribution in [3.8, 4) is 0 Å². The summed E-state index contributed by atoms with van der Waals surface area (Å²) in [5, 5.41) is 33.7. The Morgan fingerprint density at radius 3 is 1.04 bits per heavy atom. The van der Waals surface area contributed by atoms with Gasteiger partial charge in [0.25, 0.3) is 0 Å². The lowest BCUT2D eigenvalue weighted by molar-refractivity contribution is -0.124. The Morgan fingerprint density at radius 1 is 0.429 bits per heavy atom. The molecule has 3 unspecified atom stereocenters. The summed E-state index contributed by atoms with van der Waals surface area (Å²) >= 11 is 0. The van der Waals surface area contributed by atoms with Crippen LogP contribution < -0.4 is 5.32 Å². The van der Waals surface area contributed by atoms with Gasteiger partial charge in [-0.05, 0) is 38.5 Å². The normalized spacial score (nSPS) is 13.4. The molecule has 334 valence electrons. The maximum Gasteiger partial charge on any atom is 0.220 e. The van der Waals surface area contributed by atoms with Crippen LogP contribution >= 0.6 is 0 Å². The Balaban J connectivity index is 3.56. The lowest BCUT2D eigenvalue weighted by atomic mass is 9.99. The Hall–Kier alpha value is -0.910. The van der Waals surface area contributed by atoms with Crippen molar-refractivity contribution >= 4 is 5.91 Å². The summed E-state index contributed by atoms with van der Waals surface area (Å²) in [6, 6.07) is -0.808. The van der Waals surface area contributed by atoms with Crippen LogP contribution in [0.2, 0.25) is 0 Å². The minimum Gasteiger partial charge on any atom is -0.394 e. The molecule has 0 saturated heterocycles. The highest BCUT2D eigenvalue weighted by atomic mass is 16.3. The number of rotatable bonds is 47. The topological polar surface area (TPSA) is 89.8 Å². The fourth-order valence-corrected chi connectivity index (χ4v) is 8.16. The molecule has 5 heteroatoms. The SMILES string of the molecule is CCCCCCCCCCCCCC/C=C\CCCCCCCCCCC(=O)NC(CO)C(O)C(O)CCCCCCCCCCCCCCCCCCCC. The van der Waals surface area contributed by atoms with E-state index in [1.54, 1.807) is 0 Å². The van der Waals surface area contributed by atoms with Gasteiger partial charge in [-0.2, -0.15) is 0 Å². The number of nitrogens with one attached hydrogen (secondary N) is 1. The third kappa shape index (κ3) is 41.3. The summed E-state index contributed by atoms with van der Waals surface area (Å²) in [6.07, 6.45) is 56.2. The molecule has 0 radical (unpaired) electrons. The van der Waals surface area contributed by atoms with E-state index in [0.717, 1.165) is 32.1 Å². The number of hydrogen-bond donors (Lipinski definition) is 4. The van der Waals surface area contributed by atoms with Crippen LogP contribution in [0.15, 0.2) is 12.2 Å². The largest absolute Gasteiger partial charge is 0.394 e. The summed E-state index contributed by atoms with van der Waals surface area (Å²) in [5.74, 6) is -0.143. The zero-order chi connectivity index (χ0) is 40.8. The van der Waals surface area contributed by atoms with Crippen molar-refractivity contribution in [2.24, 2.45) is 0 Å². The number of aliphatic hydroxyl groups excluding tert-OH is 3. The van der Waals surface area contributed by atoms with Gasteiger partial charge in [0, 0.05) is 6.42 Å². The minimum absolute atomic E-state index is 0.143. The molecule has 56 heavy (non-hydrogen) atoms. The van der Waals surface area contributed by atoms with Gasteiger partial charge in [-0.3, -0.25) is 4.79 Å². The molecule has 0 aliphatic rings. The summed E-state index contributed by atoms with van der Waals surface area (Å²) in [4.78, 5) is 12.5. The highest BCUT2D eigenvalue weighted by molar-refractivity contribution is 5.76. The first-order valence-corrected chi connectivity index (χ1v) is 25.5. The van der Waals surface area contributed by atoms with Crippen molar-refractivity contribution in [3.05, 3.63) is 12.2 Å². The molecule has 0 saturated carbocycles. The third-order valence-corrected chi connectivity index (χ3v) is 12.1. The second kappa shape index (κ2) is 46.8. The van der Waals surface area contributed by atoms with Gasteiger partial charge in [-0.1, -0.05) is 251 Å². The number of allylic oxidation sites excluding steroid dienone is 2. The Kier molecular flexibility index (Phi) is 46.0. The Labute approximate surface area is 350 Å². The average molecular weight is 792 g/mol. The van der Waals surface area contributed by atoms with Gasteiger partial charge in [-0.15, -0.1) is 0 Å². The van der Waals surface area contributed by atoms with E-state index in [1.807, 2.05) is 0 Å². The van der Waals surface area contributed by atoms with Gasteiger partial charge in [0.2, 0.25) is 5.91 Å². The van der Waals surface area contributed by atoms with Crippen LogP contribution in [0, 0.1) is 0 Å². The van der Waals surface area contributed by atoms with Gasteiger partial charge >= 0.3 is 0 Å². The number of carbonyl (C=O) groups excluding carboxylic acids is 1. The highest BCUT2D eigenvalue weighted by Gasteiger charge is 2.26. The van der Waals surface area contributed by atoms with E-state index in [2.05, 4.69) is 31.3 Å². The molecule has 1 amide bonds. The van der Waals surface area contributed by atoms with Crippen LogP contribution in [0.25, 0.3) is 0 Å². The maximum atomic E-state index is 12.5. The Morgan fingerprint density at radius 2 is 0.714 bits per heavy atom. The van der Waals surface area contributed by atoms with Crippen LogP contribution in [0.1, 0.15) is 284 Å². The molecule has 0 aromatic heterocycles. The predicted octanol–water partition coefficient (Wildman–Crippen LogP) is 15.2. The van der Waals surface area contributed by atoms with Crippen molar-refractivity contribution in [1.29, 1.82) is 0 Å². The molecule has 3 atom stereocenters. The van der Waals surface area contributed by atoms with E-state index in [-0.39, 0.29) is 12.5 Å². The van der Waals surface area contributed by atoms with Gasteiger partial charge in [0.15, 0.2) is 0 Å². The van der Waals surface area contributed by atoms with Crippen molar-refractivity contribution in [2.45, 2.75) is 302 Å². The van der Waals surface area contributed by atoms with Crippen molar-refractivity contribution in [3.63, 3.8) is 0 Å². The molecule has 0 fully saturated rings. The zero-order valence-corrected chi connectivity index (χ0v) is 38.0. The summed E-state index contributed by atoms with van der Waals surface area (Å²) in [5.41, 5.74) is 0. The smallest absolute Gasteiger partial charge is 0.220 e. The maximum absolute atomic E-state index is 12.5. The standard InChI is InChI=1S/C51H101NO4/c1-3-5-7-9-11-13-15-17-19-21-23-24-25-26-27-28-30-32-34-36-38-40-42-44-46-50(55)52-48(47-53)51(56)49(54)45-43-41-39-37-35-33-31-29-22-20-18-16-14-12-10-8-6-4-2/h26-27,48-49,51,53-54,56H,3-25,28-47H2,1-2H3,(H,52,55)/b27-26-. The van der Waals surface area contributed by atoms with Crippen LogP contribution in [0.4, 0.5) is 0 Å². The van der Waals surface area contributed by atoms with E-state index in [0.29, 0.717) is 12.8 Å². The first kappa shape index (κ1) is 55.1. The van der Waals surface area contributed by atoms with Crippen LogP contribution in [-0.4, -0.2) is 46.1 Å². The third-order valence-electron chi connectivity index (χ3n) is 12.1. The summed E-state index contributed by atoms with van der Waals surface area (Å²) in [7, 11) is 0. The van der Waals surface area contributed by atoms with E-state index < -0.39 is 18.2 Å². The first-order valence-electron chi connectivity index (χ1n) is 25.5. The molecule has 0 spiro atoms. The van der Waals surface area contributed by atoms with Gasteiger partial charge in [-0.25, -0.2) is 0 Å². The number of hydrogen-bond acceptors (Lipinski definition) is 4. The zero-order valence-electron chi connectivity index (χ0n) is 38.0. The molecule has 0 aromatic rings. The van der Waals surface area contributed by atoms with E-state index in [1.165, 1.54) is 225 Å². The van der Waals surface area contributed by atoms with Crippen molar-refractivity contribution in [2.75, 3.05) is 6.61 Å². The average Bonchev–Trinajstić information content (AvgIpc) is 3.20. The van der Waals surface area contributed by atoms with E-state index in [9.17, 15) is 20.1 Å². The monoisotopic (exact) mass is 792 g/mol. The van der Waals surface area contributed by atoms with E-state index in [4.69, 9.17) is 0 Å². The lowest BCUT2D eigenvalue weighted by Gasteiger charge is -2.26. The molecule has 4 N–H and O–H groups in total. The van der Waals surface area contributed by atoms with Crippen molar-refractivity contribution in [1.82, 2.24) is 5.32 Å². The molecule has 0 aromatic carbocycles. The number of amides is 1. The second-order valence-corrected chi connectivity index (χ2v) is 17.7. The van der Waals surface area contributed by atoms with Gasteiger partial charge < -0.3 is 20.6 Å². The quantitative estimate of drug-likeness (QED) is 0.0365. The number of aliphatic hydroxyl groups is 3. The van der Waals surface area contributed by atoms with Crippen LogP contribution in [0.3, 0.4) is 0 Å². The minimum atomic E-state index is -1.13. The Bertz CT molecular complexity index is 788. The van der Waals surface area contributed by atoms with Crippen LogP contribution in [-0.2, 0) is 4.79 Å². The van der Waals surface area contributed by atoms with E-state index >= 15 is 0 Å². The molecular weight excluding hydrogens is 691 g/mol. The summed E-state index contributed by atoms with van der Waals surface area (Å²) in [6.45, 7) is 4.21. The second-order valence-electron chi connectivity index (χ2n) is 17.7. The molecule has 0 aliphatic heterocycles. The number of unbranched alkanes of at least 4 members (excludes halogenated alkanes) is 37. The first-order chi connectivity index (χ1) is 27.6. The lowest BCUT2D eigenvalue weighted by Crippen LogP contribution is -2.50. The van der Waals surface area contributed by atoms with Gasteiger partial charge in [0.05, 0.1) is 18.8 Å². The fraction of sp³-hybridized carbons (Fsp3) is 0.941. The fourth-order valence-electron chi connectivity index (χ4n) is 8.16. The number of carbonyl (C=O) groups is 1. The molecule has 0 bridgehead atoms. The predicted molar refractivity (Wildman–Crippen MR) is 245 cm³/mol.